The number of nitrogens with zero attached hydrogens (tertiary/aromatic N) is 2. The summed E-state index contributed by atoms with van der Waals surface area (Å²) in [5.41, 5.74) is 1.61. The van der Waals surface area contributed by atoms with E-state index in [9.17, 15) is 4.79 Å². The molecule has 0 bridgehead atoms. The number of rotatable bonds is 6. The van der Waals surface area contributed by atoms with Gasteiger partial charge in [0.2, 0.25) is 5.82 Å². The van der Waals surface area contributed by atoms with Crippen molar-refractivity contribution in [1.82, 2.24) is 10.1 Å². The van der Waals surface area contributed by atoms with Gasteiger partial charge >= 0.3 is 5.97 Å². The number of ether oxygens (including phenoxy) is 3. The topological polar surface area (TPSA) is 83.7 Å². The van der Waals surface area contributed by atoms with Crippen LogP contribution in [0.3, 0.4) is 0 Å². The van der Waals surface area contributed by atoms with Crippen molar-refractivity contribution in [2.75, 3.05) is 14.2 Å². The van der Waals surface area contributed by atoms with Crippen LogP contribution in [-0.2, 0) is 11.3 Å². The van der Waals surface area contributed by atoms with Crippen molar-refractivity contribution in [3.8, 4) is 22.9 Å². The predicted molar refractivity (Wildman–Crippen MR) is 109 cm³/mol. The van der Waals surface area contributed by atoms with Gasteiger partial charge in [-0.1, -0.05) is 23.4 Å². The summed E-state index contributed by atoms with van der Waals surface area (Å²) in [7, 11) is 3.12. The molecule has 2 heterocycles. The predicted octanol–water partition coefficient (Wildman–Crippen LogP) is 4.63. The third-order valence-electron chi connectivity index (χ3n) is 4.47. The number of fused-ring (bicyclic) bond motifs is 1. The number of hydrogen-bond acceptors (Lipinski definition) is 8. The molecule has 2 aromatic heterocycles. The number of hydrogen-bond donors (Lipinski definition) is 0. The van der Waals surface area contributed by atoms with Gasteiger partial charge in [0.1, 0.15) is 4.88 Å². The Labute approximate surface area is 170 Å². The molecule has 0 atom stereocenters. The Morgan fingerprint density at radius 3 is 2.66 bits per heavy atom. The molecule has 0 fully saturated rings. The van der Waals surface area contributed by atoms with Gasteiger partial charge in [-0.05, 0) is 42.1 Å². The van der Waals surface area contributed by atoms with E-state index >= 15 is 0 Å². The molecule has 0 spiro atoms. The highest BCUT2D eigenvalue weighted by Crippen LogP contribution is 2.32. The van der Waals surface area contributed by atoms with Crippen molar-refractivity contribution in [1.29, 1.82) is 0 Å². The molecule has 2 aromatic carbocycles. The molecule has 4 aromatic rings. The Morgan fingerprint density at radius 2 is 1.90 bits per heavy atom. The SMILES string of the molecule is COc1ccc(-c2noc(COC(=O)c3sc4ccccc4c3C)n2)cc1OC. The Balaban J connectivity index is 1.48. The number of benzene rings is 2. The Bertz CT molecular complexity index is 1180. The Hall–Kier alpha value is -3.39. The quantitative estimate of drug-likeness (QED) is 0.428. The second-order valence-corrected chi connectivity index (χ2v) is 7.26. The number of carbonyl (C=O) groups is 1. The van der Waals surface area contributed by atoms with Crippen molar-refractivity contribution in [3.63, 3.8) is 0 Å². The van der Waals surface area contributed by atoms with Gasteiger partial charge in [-0.3, -0.25) is 0 Å². The fourth-order valence-corrected chi connectivity index (χ4v) is 4.07. The highest BCUT2D eigenvalue weighted by atomic mass is 32.1. The van der Waals surface area contributed by atoms with Crippen LogP contribution in [0.25, 0.3) is 21.5 Å². The van der Waals surface area contributed by atoms with Gasteiger partial charge < -0.3 is 18.7 Å². The number of esters is 1. The van der Waals surface area contributed by atoms with Gasteiger partial charge in [0.05, 0.1) is 14.2 Å². The van der Waals surface area contributed by atoms with Crippen molar-refractivity contribution >= 4 is 27.4 Å². The third-order valence-corrected chi connectivity index (χ3v) is 5.72. The molecule has 8 heteroatoms. The molecule has 0 aliphatic rings. The molecule has 0 aliphatic heterocycles. The molecule has 0 radical (unpaired) electrons. The molecular formula is C21H18N2O5S. The zero-order valence-corrected chi connectivity index (χ0v) is 16.9. The molecule has 7 nitrogen and oxygen atoms in total. The van der Waals surface area contributed by atoms with Gasteiger partial charge in [-0.15, -0.1) is 11.3 Å². The number of carbonyl (C=O) groups excluding carboxylic acids is 1. The lowest BCUT2D eigenvalue weighted by Crippen LogP contribution is -2.04. The van der Waals surface area contributed by atoms with Crippen LogP contribution >= 0.6 is 11.3 Å². The molecule has 29 heavy (non-hydrogen) atoms. The van der Waals surface area contributed by atoms with Gasteiger partial charge in [-0.2, -0.15) is 4.98 Å². The molecule has 0 amide bonds. The summed E-state index contributed by atoms with van der Waals surface area (Å²) in [6.07, 6.45) is 0. The number of thiophene rings is 1. The highest BCUT2D eigenvalue weighted by molar-refractivity contribution is 7.21. The second-order valence-electron chi connectivity index (χ2n) is 6.21. The van der Waals surface area contributed by atoms with E-state index < -0.39 is 5.97 Å². The average Bonchev–Trinajstić information content (AvgIpc) is 3.36. The van der Waals surface area contributed by atoms with Crippen LogP contribution in [0.4, 0.5) is 0 Å². The highest BCUT2D eigenvalue weighted by Gasteiger charge is 2.18. The number of aryl methyl sites for hydroxylation is 1. The van der Waals surface area contributed by atoms with Crippen LogP contribution in [0.15, 0.2) is 47.0 Å². The zero-order chi connectivity index (χ0) is 20.4. The maximum absolute atomic E-state index is 12.5. The summed E-state index contributed by atoms with van der Waals surface area (Å²) in [6.45, 7) is 1.81. The third kappa shape index (κ3) is 3.66. The van der Waals surface area contributed by atoms with Gasteiger partial charge in [0.15, 0.2) is 18.1 Å². The second kappa shape index (κ2) is 7.92. The molecule has 0 saturated heterocycles. The van der Waals surface area contributed by atoms with Crippen molar-refractivity contribution < 1.29 is 23.5 Å². The summed E-state index contributed by atoms with van der Waals surface area (Å²) in [6, 6.07) is 13.2. The normalized spacial score (nSPS) is 10.9. The van der Waals surface area contributed by atoms with Gasteiger partial charge in [-0.25, -0.2) is 4.79 Å². The Kier molecular flexibility index (Phi) is 5.18. The van der Waals surface area contributed by atoms with E-state index in [0.717, 1.165) is 15.6 Å². The summed E-state index contributed by atoms with van der Waals surface area (Å²) >= 11 is 1.41. The van der Waals surface area contributed by atoms with Gasteiger partial charge in [0, 0.05) is 10.3 Å². The van der Waals surface area contributed by atoms with Crippen LogP contribution in [0.5, 0.6) is 11.5 Å². The van der Waals surface area contributed by atoms with E-state index in [0.29, 0.717) is 27.8 Å². The first-order chi connectivity index (χ1) is 14.1. The lowest BCUT2D eigenvalue weighted by molar-refractivity contribution is 0.0435. The van der Waals surface area contributed by atoms with E-state index in [-0.39, 0.29) is 12.5 Å². The lowest BCUT2D eigenvalue weighted by atomic mass is 10.1. The van der Waals surface area contributed by atoms with Crippen LogP contribution in [0.1, 0.15) is 21.1 Å². The summed E-state index contributed by atoms with van der Waals surface area (Å²) in [5, 5.41) is 5.00. The average molecular weight is 410 g/mol. The van der Waals surface area contributed by atoms with Crippen LogP contribution < -0.4 is 9.47 Å². The maximum Gasteiger partial charge on any atom is 0.349 e. The number of aromatic nitrogens is 2. The largest absolute Gasteiger partial charge is 0.493 e. The fraction of sp³-hybridized carbons (Fsp3) is 0.190. The molecule has 4 rings (SSSR count). The number of methoxy groups -OCH3 is 2. The molecule has 148 valence electrons. The zero-order valence-electron chi connectivity index (χ0n) is 16.1. The van der Waals surface area contributed by atoms with Crippen molar-refractivity contribution in [3.05, 3.63) is 58.8 Å². The minimum absolute atomic E-state index is 0.104. The molecule has 0 unspecified atom stereocenters. The Morgan fingerprint density at radius 1 is 1.10 bits per heavy atom. The summed E-state index contributed by atoms with van der Waals surface area (Å²) in [4.78, 5) is 17.4. The first kappa shape index (κ1) is 18.9. The smallest absolute Gasteiger partial charge is 0.349 e. The van der Waals surface area contributed by atoms with E-state index in [4.69, 9.17) is 18.7 Å². The monoisotopic (exact) mass is 410 g/mol. The summed E-state index contributed by atoms with van der Waals surface area (Å²) in [5.74, 6) is 1.34. The minimum atomic E-state index is -0.408. The molecule has 0 N–H and O–H groups in total. The first-order valence-corrected chi connectivity index (χ1v) is 9.62. The van der Waals surface area contributed by atoms with Crippen molar-refractivity contribution in [2.45, 2.75) is 13.5 Å². The van der Waals surface area contributed by atoms with E-state index in [1.165, 1.54) is 11.3 Å². The lowest BCUT2D eigenvalue weighted by Gasteiger charge is -2.07. The van der Waals surface area contributed by atoms with E-state index in [1.807, 2.05) is 31.2 Å². The first-order valence-electron chi connectivity index (χ1n) is 8.81. The molecule has 0 saturated carbocycles. The van der Waals surface area contributed by atoms with Gasteiger partial charge in [0.25, 0.3) is 5.89 Å². The molecular weight excluding hydrogens is 392 g/mol. The molecule has 0 aliphatic carbocycles. The van der Waals surface area contributed by atoms with Crippen molar-refractivity contribution in [2.24, 2.45) is 0 Å². The van der Waals surface area contributed by atoms with Crippen LogP contribution in [-0.4, -0.2) is 30.3 Å². The van der Waals surface area contributed by atoms with Crippen LogP contribution in [0, 0.1) is 6.92 Å². The van der Waals surface area contributed by atoms with E-state index in [2.05, 4.69) is 10.1 Å². The maximum atomic E-state index is 12.5. The van der Waals surface area contributed by atoms with E-state index in [1.54, 1.807) is 32.4 Å². The summed E-state index contributed by atoms with van der Waals surface area (Å²) < 4.78 is 22.2. The fourth-order valence-electron chi connectivity index (χ4n) is 2.97. The standard InChI is InChI=1S/C21H18N2O5S/c1-12-14-6-4-5-7-17(14)29-19(12)21(24)27-11-18-22-20(23-28-18)13-8-9-15(25-2)16(10-13)26-3/h4-10H,11H2,1-3H3. The van der Waals surface area contributed by atoms with Crippen LogP contribution in [0.2, 0.25) is 0 Å². The minimum Gasteiger partial charge on any atom is -0.493 e.